The predicted molar refractivity (Wildman–Crippen MR) is 100 cm³/mol. The van der Waals surface area contributed by atoms with E-state index in [0.29, 0.717) is 22.6 Å². The number of nitrogens with zero attached hydrogens (tertiary/aromatic N) is 1. The SMILES string of the molecule is CCN(c1cccc(C(=O)OC)c1C)S(=O)(=O)c1ccc(OC)c(C)c1. The molecule has 0 radical (unpaired) electrons. The summed E-state index contributed by atoms with van der Waals surface area (Å²) in [5.74, 6) is 0.119. The summed E-state index contributed by atoms with van der Waals surface area (Å²) >= 11 is 0. The molecule has 26 heavy (non-hydrogen) atoms. The standard InChI is InChI=1S/C19H23NO5S/c1-6-20(17-9-7-8-16(14(17)3)19(21)25-5)26(22,23)15-10-11-18(24-4)13(2)12-15/h7-12H,6H2,1-5H3. The summed E-state index contributed by atoms with van der Waals surface area (Å²) in [7, 11) is -0.965. The fourth-order valence-corrected chi connectivity index (χ4v) is 4.45. The van der Waals surface area contributed by atoms with Gasteiger partial charge in [-0.1, -0.05) is 6.07 Å². The average molecular weight is 377 g/mol. The third-order valence-corrected chi connectivity index (χ3v) is 6.11. The Morgan fingerprint density at radius 2 is 1.81 bits per heavy atom. The quantitative estimate of drug-likeness (QED) is 0.722. The lowest BCUT2D eigenvalue weighted by atomic mass is 10.1. The van der Waals surface area contributed by atoms with Gasteiger partial charge in [0.15, 0.2) is 0 Å². The Balaban J connectivity index is 2.57. The van der Waals surface area contributed by atoms with Crippen LogP contribution >= 0.6 is 0 Å². The number of rotatable bonds is 6. The van der Waals surface area contributed by atoms with Crippen LogP contribution in [0.4, 0.5) is 5.69 Å². The topological polar surface area (TPSA) is 72.9 Å². The summed E-state index contributed by atoms with van der Waals surface area (Å²) in [4.78, 5) is 12.1. The molecule has 0 aromatic heterocycles. The van der Waals surface area contributed by atoms with Crippen molar-refractivity contribution >= 4 is 21.7 Å². The van der Waals surface area contributed by atoms with Crippen molar-refractivity contribution in [1.29, 1.82) is 0 Å². The van der Waals surface area contributed by atoms with Crippen LogP contribution in [0.5, 0.6) is 5.75 Å². The Hall–Kier alpha value is -2.54. The van der Waals surface area contributed by atoms with Crippen molar-refractivity contribution in [2.24, 2.45) is 0 Å². The van der Waals surface area contributed by atoms with Crippen molar-refractivity contribution < 1.29 is 22.7 Å². The minimum Gasteiger partial charge on any atom is -0.496 e. The number of sulfonamides is 1. The first-order valence-electron chi connectivity index (χ1n) is 8.13. The molecular weight excluding hydrogens is 354 g/mol. The fourth-order valence-electron chi connectivity index (χ4n) is 2.83. The third kappa shape index (κ3) is 3.53. The molecule has 0 fully saturated rings. The molecule has 0 bridgehead atoms. The van der Waals surface area contributed by atoms with Crippen LogP contribution in [0.3, 0.4) is 0 Å². The van der Waals surface area contributed by atoms with E-state index in [1.54, 1.807) is 51.1 Å². The van der Waals surface area contributed by atoms with E-state index >= 15 is 0 Å². The average Bonchev–Trinajstić information content (AvgIpc) is 2.62. The van der Waals surface area contributed by atoms with Crippen LogP contribution in [0.15, 0.2) is 41.3 Å². The number of carbonyl (C=O) groups excluding carboxylic acids is 1. The molecule has 140 valence electrons. The van der Waals surface area contributed by atoms with Gasteiger partial charge in [0.1, 0.15) is 5.75 Å². The number of ether oxygens (including phenoxy) is 2. The van der Waals surface area contributed by atoms with Crippen molar-refractivity contribution in [1.82, 2.24) is 0 Å². The van der Waals surface area contributed by atoms with Crippen molar-refractivity contribution in [3.8, 4) is 5.75 Å². The highest BCUT2D eigenvalue weighted by atomic mass is 32.2. The van der Waals surface area contributed by atoms with Gasteiger partial charge in [-0.15, -0.1) is 0 Å². The number of hydrogen-bond acceptors (Lipinski definition) is 5. The second-order valence-corrected chi connectivity index (χ2v) is 7.60. The molecule has 0 atom stereocenters. The lowest BCUT2D eigenvalue weighted by molar-refractivity contribution is 0.0600. The Labute approximate surface area is 154 Å². The summed E-state index contributed by atoms with van der Waals surface area (Å²) in [5.41, 5.74) is 2.06. The second kappa shape index (κ2) is 7.78. The monoisotopic (exact) mass is 377 g/mol. The lowest BCUT2D eigenvalue weighted by Crippen LogP contribution is -2.31. The van der Waals surface area contributed by atoms with Gasteiger partial charge in [0.25, 0.3) is 10.0 Å². The largest absolute Gasteiger partial charge is 0.496 e. The fraction of sp³-hybridized carbons (Fsp3) is 0.316. The zero-order valence-corrected chi connectivity index (χ0v) is 16.4. The van der Waals surface area contributed by atoms with Crippen molar-refractivity contribution in [2.45, 2.75) is 25.7 Å². The van der Waals surface area contributed by atoms with E-state index in [2.05, 4.69) is 0 Å². The molecule has 0 aliphatic carbocycles. The molecule has 0 saturated carbocycles. The summed E-state index contributed by atoms with van der Waals surface area (Å²) in [5, 5.41) is 0. The Kier molecular flexibility index (Phi) is 5.92. The Bertz CT molecular complexity index is 922. The number of carbonyl (C=O) groups is 1. The number of esters is 1. The number of aryl methyl sites for hydroxylation is 1. The second-order valence-electron chi connectivity index (χ2n) is 5.74. The lowest BCUT2D eigenvalue weighted by Gasteiger charge is -2.25. The first kappa shape index (κ1) is 19.8. The zero-order valence-electron chi connectivity index (χ0n) is 15.6. The molecule has 7 heteroatoms. The van der Waals surface area contributed by atoms with Gasteiger partial charge in [-0.2, -0.15) is 0 Å². The highest BCUT2D eigenvalue weighted by Crippen LogP contribution is 2.30. The van der Waals surface area contributed by atoms with Gasteiger partial charge >= 0.3 is 5.97 Å². The highest BCUT2D eigenvalue weighted by Gasteiger charge is 2.27. The van der Waals surface area contributed by atoms with Gasteiger partial charge in [-0.3, -0.25) is 4.31 Å². The zero-order chi connectivity index (χ0) is 19.5. The molecule has 6 nitrogen and oxygen atoms in total. The maximum atomic E-state index is 13.2. The molecule has 0 aliphatic rings. The van der Waals surface area contributed by atoms with Crippen LogP contribution < -0.4 is 9.04 Å². The van der Waals surface area contributed by atoms with Gasteiger partial charge in [0, 0.05) is 6.54 Å². The Morgan fingerprint density at radius 1 is 1.12 bits per heavy atom. The molecule has 2 aromatic carbocycles. The summed E-state index contributed by atoms with van der Waals surface area (Å²) in [6.45, 7) is 5.47. The van der Waals surface area contributed by atoms with Crippen LogP contribution in [-0.2, 0) is 14.8 Å². The molecule has 2 aromatic rings. The Morgan fingerprint density at radius 3 is 2.35 bits per heavy atom. The summed E-state index contributed by atoms with van der Waals surface area (Å²) < 4.78 is 37.6. The van der Waals surface area contributed by atoms with E-state index in [9.17, 15) is 13.2 Å². The van der Waals surface area contributed by atoms with Crippen LogP contribution in [-0.4, -0.2) is 35.2 Å². The van der Waals surface area contributed by atoms with Crippen molar-refractivity contribution in [3.05, 3.63) is 53.1 Å². The maximum absolute atomic E-state index is 13.2. The minimum absolute atomic E-state index is 0.167. The van der Waals surface area contributed by atoms with Gasteiger partial charge in [0.05, 0.1) is 30.4 Å². The van der Waals surface area contributed by atoms with Crippen molar-refractivity contribution in [3.63, 3.8) is 0 Å². The molecule has 2 rings (SSSR count). The molecule has 0 N–H and O–H groups in total. The van der Waals surface area contributed by atoms with E-state index in [-0.39, 0.29) is 11.4 Å². The molecule has 0 spiro atoms. The molecule has 0 amide bonds. The van der Waals surface area contributed by atoms with E-state index < -0.39 is 16.0 Å². The molecule has 0 aliphatic heterocycles. The summed E-state index contributed by atoms with van der Waals surface area (Å²) in [6.07, 6.45) is 0. The first-order chi connectivity index (χ1) is 12.3. The first-order valence-corrected chi connectivity index (χ1v) is 9.57. The maximum Gasteiger partial charge on any atom is 0.338 e. The van der Waals surface area contributed by atoms with E-state index in [4.69, 9.17) is 9.47 Å². The normalized spacial score (nSPS) is 11.1. The van der Waals surface area contributed by atoms with Crippen LogP contribution in [0.25, 0.3) is 0 Å². The minimum atomic E-state index is -3.80. The number of hydrogen-bond donors (Lipinski definition) is 0. The van der Waals surface area contributed by atoms with Crippen LogP contribution in [0.2, 0.25) is 0 Å². The highest BCUT2D eigenvalue weighted by molar-refractivity contribution is 7.92. The summed E-state index contributed by atoms with van der Waals surface area (Å²) in [6, 6.07) is 9.67. The van der Waals surface area contributed by atoms with Gasteiger partial charge in [0.2, 0.25) is 0 Å². The number of benzene rings is 2. The van der Waals surface area contributed by atoms with Crippen LogP contribution in [0.1, 0.15) is 28.4 Å². The predicted octanol–water partition coefficient (Wildman–Crippen LogP) is 3.31. The number of methoxy groups -OCH3 is 2. The van der Waals surface area contributed by atoms with Crippen molar-refractivity contribution in [2.75, 3.05) is 25.1 Å². The van der Waals surface area contributed by atoms with Gasteiger partial charge in [-0.25, -0.2) is 13.2 Å². The number of anilines is 1. The van der Waals surface area contributed by atoms with E-state index in [1.807, 2.05) is 0 Å². The smallest absolute Gasteiger partial charge is 0.338 e. The van der Waals surface area contributed by atoms with Gasteiger partial charge < -0.3 is 9.47 Å². The molecule has 0 heterocycles. The third-order valence-electron chi connectivity index (χ3n) is 4.22. The molecular formula is C19H23NO5S. The molecule has 0 unspecified atom stereocenters. The van der Waals surface area contributed by atoms with E-state index in [0.717, 1.165) is 5.56 Å². The van der Waals surface area contributed by atoms with E-state index in [1.165, 1.54) is 24.6 Å². The van der Waals surface area contributed by atoms with Gasteiger partial charge in [-0.05, 0) is 62.2 Å². The van der Waals surface area contributed by atoms with Crippen LogP contribution in [0, 0.1) is 13.8 Å². The molecule has 0 saturated heterocycles.